The minimum absolute atomic E-state index is 0.0369. The van der Waals surface area contributed by atoms with E-state index in [4.69, 9.17) is 23.2 Å². The Morgan fingerprint density at radius 3 is 2.20 bits per heavy atom. The zero-order valence-corrected chi connectivity index (χ0v) is 25.4. The number of nitrogens with one attached hydrogen (secondary N) is 1. The molecule has 3 aromatic carbocycles. The van der Waals surface area contributed by atoms with Gasteiger partial charge >= 0.3 is 0 Å². The largest absolute Gasteiger partial charge is 0.352 e. The fourth-order valence-corrected chi connectivity index (χ4v) is 5.97. The fraction of sp³-hybridized carbons (Fsp3) is 0.333. The number of halogens is 2. The van der Waals surface area contributed by atoms with Gasteiger partial charge in [-0.3, -0.25) is 13.9 Å². The summed E-state index contributed by atoms with van der Waals surface area (Å²) < 4.78 is 28.8. The number of benzene rings is 3. The van der Waals surface area contributed by atoms with Crippen LogP contribution in [-0.2, 0) is 26.2 Å². The first kappa shape index (κ1) is 31.5. The second-order valence-electron chi connectivity index (χ2n) is 9.68. The van der Waals surface area contributed by atoms with Crippen molar-refractivity contribution < 1.29 is 18.0 Å². The molecule has 7 nitrogen and oxygen atoms in total. The van der Waals surface area contributed by atoms with Gasteiger partial charge in [0.05, 0.1) is 20.6 Å². The van der Waals surface area contributed by atoms with E-state index in [9.17, 15) is 18.0 Å². The summed E-state index contributed by atoms with van der Waals surface area (Å²) in [6.45, 7) is 7.04. The van der Waals surface area contributed by atoms with Crippen LogP contribution in [0.1, 0.15) is 44.7 Å². The normalized spacial score (nSPS) is 12.8. The third kappa shape index (κ3) is 7.77. The Morgan fingerprint density at radius 1 is 0.900 bits per heavy atom. The molecule has 0 aliphatic carbocycles. The highest BCUT2D eigenvalue weighted by Gasteiger charge is 2.34. The first-order valence-electron chi connectivity index (χ1n) is 13.2. The van der Waals surface area contributed by atoms with E-state index in [1.165, 1.54) is 17.0 Å². The Balaban J connectivity index is 2.07. The predicted molar refractivity (Wildman–Crippen MR) is 161 cm³/mol. The number of amides is 2. The molecule has 1 N–H and O–H groups in total. The summed E-state index contributed by atoms with van der Waals surface area (Å²) in [6.07, 6.45) is 1.05. The highest BCUT2D eigenvalue weighted by Crippen LogP contribution is 2.27. The number of carbonyl (C=O) groups excluding carboxylic acids is 2. The third-order valence-electron chi connectivity index (χ3n) is 6.62. The van der Waals surface area contributed by atoms with Gasteiger partial charge in [-0.1, -0.05) is 73.4 Å². The van der Waals surface area contributed by atoms with Crippen LogP contribution in [0.3, 0.4) is 0 Å². The van der Waals surface area contributed by atoms with Crippen molar-refractivity contribution in [1.82, 2.24) is 10.2 Å². The van der Waals surface area contributed by atoms with E-state index >= 15 is 0 Å². The zero-order chi connectivity index (χ0) is 29.4. The van der Waals surface area contributed by atoms with Crippen LogP contribution in [0.4, 0.5) is 5.69 Å². The zero-order valence-electron chi connectivity index (χ0n) is 23.1. The van der Waals surface area contributed by atoms with E-state index in [-0.39, 0.29) is 23.4 Å². The lowest BCUT2D eigenvalue weighted by atomic mass is 10.1. The molecule has 0 heterocycles. The molecule has 40 heavy (non-hydrogen) atoms. The molecule has 3 aromatic rings. The van der Waals surface area contributed by atoms with Crippen molar-refractivity contribution in [3.8, 4) is 0 Å². The average Bonchev–Trinajstić information content (AvgIpc) is 2.93. The summed E-state index contributed by atoms with van der Waals surface area (Å²) in [7, 11) is -4.11. The van der Waals surface area contributed by atoms with Gasteiger partial charge in [-0.2, -0.15) is 0 Å². The van der Waals surface area contributed by atoms with Crippen LogP contribution in [0.25, 0.3) is 0 Å². The Bertz CT molecular complexity index is 1430. The number of sulfonamides is 1. The molecular formula is C30H35Cl2N3O4S. The highest BCUT2D eigenvalue weighted by atomic mass is 35.5. The first-order chi connectivity index (χ1) is 19.0. The second kappa shape index (κ2) is 14.0. The maximum absolute atomic E-state index is 14.1. The van der Waals surface area contributed by atoms with Crippen molar-refractivity contribution in [1.29, 1.82) is 0 Å². The number of carbonyl (C=O) groups is 2. The van der Waals surface area contributed by atoms with Crippen molar-refractivity contribution in [2.45, 2.75) is 64.1 Å². The topological polar surface area (TPSA) is 86.8 Å². The quantitative estimate of drug-likeness (QED) is 0.266. The summed E-state index contributed by atoms with van der Waals surface area (Å²) >= 11 is 12.3. The van der Waals surface area contributed by atoms with E-state index in [0.717, 1.165) is 16.3 Å². The van der Waals surface area contributed by atoms with Crippen LogP contribution in [0, 0.1) is 6.92 Å². The summed E-state index contributed by atoms with van der Waals surface area (Å²) in [5, 5.41) is 3.64. The third-order valence-corrected chi connectivity index (χ3v) is 9.15. The summed E-state index contributed by atoms with van der Waals surface area (Å²) in [5.74, 6) is -0.837. The van der Waals surface area contributed by atoms with Gasteiger partial charge in [-0.15, -0.1) is 0 Å². The fourth-order valence-electron chi connectivity index (χ4n) is 4.23. The molecule has 0 bridgehead atoms. The van der Waals surface area contributed by atoms with Crippen LogP contribution in [-0.4, -0.2) is 43.8 Å². The van der Waals surface area contributed by atoms with E-state index < -0.39 is 28.5 Å². The second-order valence-corrected chi connectivity index (χ2v) is 12.4. The lowest BCUT2D eigenvalue weighted by Crippen LogP contribution is -2.53. The molecule has 2 atom stereocenters. The minimum atomic E-state index is -4.11. The average molecular weight is 605 g/mol. The molecule has 3 rings (SSSR count). The molecule has 0 aliphatic rings. The molecule has 0 saturated heterocycles. The number of anilines is 1. The molecule has 0 aliphatic heterocycles. The standard InChI is InChI=1S/C30H35Cl2N3O4S/c1-5-22(4)33-30(37)28(6-2)34(19-23-15-16-26(31)27(32)18-23)29(36)20-35(24-12-10-11-21(3)17-24)40(38,39)25-13-8-7-9-14-25/h7-18,22,28H,5-6,19-20H2,1-4H3,(H,33,37)/t22-,28+/m0/s1. The van der Waals surface area contributed by atoms with Crippen molar-refractivity contribution in [3.63, 3.8) is 0 Å². The molecule has 10 heteroatoms. The van der Waals surface area contributed by atoms with Gasteiger partial charge in [-0.25, -0.2) is 8.42 Å². The monoisotopic (exact) mass is 603 g/mol. The Labute approximate surface area is 247 Å². The number of aryl methyl sites for hydroxylation is 1. The predicted octanol–water partition coefficient (Wildman–Crippen LogP) is 6.22. The SMILES string of the molecule is CC[C@H](C(=O)N[C@@H](C)CC)N(Cc1ccc(Cl)c(Cl)c1)C(=O)CN(c1cccc(C)c1)S(=O)(=O)c1ccccc1. The highest BCUT2D eigenvalue weighted by molar-refractivity contribution is 7.92. The van der Waals surface area contributed by atoms with Crippen LogP contribution in [0.5, 0.6) is 0 Å². The molecule has 0 spiro atoms. The summed E-state index contributed by atoms with van der Waals surface area (Å²) in [6, 6.07) is 19.0. The molecule has 214 valence electrons. The molecule has 0 unspecified atom stereocenters. The van der Waals surface area contributed by atoms with Gasteiger partial charge in [0.1, 0.15) is 12.6 Å². The number of rotatable bonds is 12. The Kier molecular flexibility index (Phi) is 11.0. The molecule has 0 radical (unpaired) electrons. The van der Waals surface area contributed by atoms with Crippen molar-refractivity contribution >= 4 is 50.7 Å². The lowest BCUT2D eigenvalue weighted by molar-refractivity contribution is -0.140. The van der Waals surface area contributed by atoms with Gasteiger partial charge in [0, 0.05) is 12.6 Å². The van der Waals surface area contributed by atoms with Crippen LogP contribution >= 0.6 is 23.2 Å². The number of nitrogens with zero attached hydrogens (tertiary/aromatic N) is 2. The van der Waals surface area contributed by atoms with Crippen molar-refractivity contribution in [2.24, 2.45) is 0 Å². The molecular weight excluding hydrogens is 569 g/mol. The van der Waals surface area contributed by atoms with E-state index in [2.05, 4.69) is 5.32 Å². The van der Waals surface area contributed by atoms with Gasteiger partial charge < -0.3 is 10.2 Å². The van der Waals surface area contributed by atoms with Crippen molar-refractivity contribution in [2.75, 3.05) is 10.8 Å². The maximum Gasteiger partial charge on any atom is 0.264 e. The van der Waals surface area contributed by atoms with Crippen LogP contribution in [0.15, 0.2) is 77.7 Å². The number of hydrogen-bond donors (Lipinski definition) is 1. The van der Waals surface area contributed by atoms with Crippen molar-refractivity contribution in [3.05, 3.63) is 94.0 Å². The molecule has 0 fully saturated rings. The van der Waals surface area contributed by atoms with E-state index in [1.54, 1.807) is 54.6 Å². The summed E-state index contributed by atoms with van der Waals surface area (Å²) in [4.78, 5) is 28.9. The van der Waals surface area contributed by atoms with Crippen LogP contribution < -0.4 is 9.62 Å². The van der Waals surface area contributed by atoms with E-state index in [1.807, 2.05) is 33.8 Å². The van der Waals surface area contributed by atoms with Gasteiger partial charge in [0.25, 0.3) is 10.0 Å². The smallest absolute Gasteiger partial charge is 0.264 e. The minimum Gasteiger partial charge on any atom is -0.352 e. The van der Waals surface area contributed by atoms with Gasteiger partial charge in [0.15, 0.2) is 0 Å². The maximum atomic E-state index is 14.1. The number of hydrogen-bond acceptors (Lipinski definition) is 4. The Morgan fingerprint density at radius 2 is 1.60 bits per heavy atom. The van der Waals surface area contributed by atoms with E-state index in [0.29, 0.717) is 27.7 Å². The van der Waals surface area contributed by atoms with Gasteiger partial charge in [0.2, 0.25) is 11.8 Å². The molecule has 0 saturated carbocycles. The Hall–Kier alpha value is -3.07. The first-order valence-corrected chi connectivity index (χ1v) is 15.4. The summed E-state index contributed by atoms with van der Waals surface area (Å²) in [5.41, 5.74) is 1.85. The molecule has 0 aromatic heterocycles. The van der Waals surface area contributed by atoms with Gasteiger partial charge in [-0.05, 0) is 74.2 Å². The van der Waals surface area contributed by atoms with Crippen LogP contribution in [0.2, 0.25) is 10.0 Å². The molecule has 2 amide bonds. The lowest BCUT2D eigenvalue weighted by Gasteiger charge is -2.34.